The van der Waals surface area contributed by atoms with Gasteiger partial charge in [0.2, 0.25) is 0 Å². The van der Waals surface area contributed by atoms with Gasteiger partial charge in [0.05, 0.1) is 0 Å². The third kappa shape index (κ3) is 3.65. The molecule has 0 unspecified atom stereocenters. The van der Waals surface area contributed by atoms with Crippen molar-refractivity contribution in [3.63, 3.8) is 0 Å². The molecule has 8 nitrogen and oxygen atoms in total. The molecule has 1 aromatic rings. The molecule has 23 heavy (non-hydrogen) atoms. The Hall–Kier alpha value is -2.90. The summed E-state index contributed by atoms with van der Waals surface area (Å²) >= 11 is 0. The van der Waals surface area contributed by atoms with Crippen molar-refractivity contribution in [1.29, 1.82) is 0 Å². The van der Waals surface area contributed by atoms with Gasteiger partial charge in [-0.05, 0) is 25.5 Å². The number of amides is 5. The first-order valence-electron chi connectivity index (χ1n) is 7.01. The Balaban J connectivity index is 1.90. The lowest BCUT2D eigenvalue weighted by Gasteiger charge is -2.14. The summed E-state index contributed by atoms with van der Waals surface area (Å²) in [5, 5.41) is 0. The number of hydrogen-bond acceptors (Lipinski definition) is 4. The lowest BCUT2D eigenvalue weighted by molar-refractivity contribution is -0.131. The lowest BCUT2D eigenvalue weighted by atomic mass is 10.1. The Bertz CT molecular complexity index is 686. The number of carbonyl (C=O) groups excluding carboxylic acids is 4. The molecule has 0 aromatic heterocycles. The minimum atomic E-state index is -0.653. The fourth-order valence-corrected chi connectivity index (χ4v) is 2.27. The van der Waals surface area contributed by atoms with E-state index in [1.807, 2.05) is 13.0 Å². The molecule has 1 heterocycles. The third-order valence-corrected chi connectivity index (χ3v) is 3.47. The second-order valence-corrected chi connectivity index (χ2v) is 5.44. The van der Waals surface area contributed by atoms with Gasteiger partial charge in [0, 0.05) is 12.6 Å². The van der Waals surface area contributed by atoms with E-state index in [-0.39, 0.29) is 6.54 Å². The van der Waals surface area contributed by atoms with Crippen LogP contribution >= 0.6 is 0 Å². The van der Waals surface area contributed by atoms with Gasteiger partial charge >= 0.3 is 6.03 Å². The Labute approximate surface area is 133 Å². The van der Waals surface area contributed by atoms with Gasteiger partial charge in [-0.3, -0.25) is 30.1 Å². The molecule has 1 aliphatic heterocycles. The Morgan fingerprint density at radius 3 is 2.43 bits per heavy atom. The molecular weight excluding hydrogens is 300 g/mol. The highest BCUT2D eigenvalue weighted by molar-refractivity contribution is 6.04. The topological polar surface area (TPSA) is 98.8 Å². The number of rotatable bonds is 3. The first kappa shape index (κ1) is 16.5. The summed E-state index contributed by atoms with van der Waals surface area (Å²) in [5.74, 6) is -1.57. The predicted octanol–water partition coefficient (Wildman–Crippen LogP) is -0.0416. The van der Waals surface area contributed by atoms with Crippen molar-refractivity contribution in [3.05, 3.63) is 34.9 Å². The molecule has 2 N–H and O–H groups in total. The molecule has 1 aromatic carbocycles. The highest BCUT2D eigenvalue weighted by Crippen LogP contribution is 2.10. The van der Waals surface area contributed by atoms with Crippen LogP contribution in [0.25, 0.3) is 0 Å². The second kappa shape index (κ2) is 6.47. The number of benzene rings is 1. The van der Waals surface area contributed by atoms with Crippen molar-refractivity contribution in [2.24, 2.45) is 0 Å². The van der Waals surface area contributed by atoms with Crippen LogP contribution in [0.4, 0.5) is 4.79 Å². The van der Waals surface area contributed by atoms with Crippen LogP contribution in [-0.2, 0) is 9.59 Å². The van der Waals surface area contributed by atoms with Gasteiger partial charge < -0.3 is 4.90 Å². The van der Waals surface area contributed by atoms with E-state index in [1.165, 1.54) is 11.9 Å². The first-order valence-corrected chi connectivity index (χ1v) is 7.01. The summed E-state index contributed by atoms with van der Waals surface area (Å²) in [7, 11) is 1.47. The van der Waals surface area contributed by atoms with Crippen LogP contribution in [0.2, 0.25) is 0 Å². The Morgan fingerprint density at radius 2 is 1.87 bits per heavy atom. The number of imide groups is 1. The molecule has 0 radical (unpaired) electrons. The highest BCUT2D eigenvalue weighted by Gasteiger charge is 2.34. The molecular formula is C15H18N4O4. The van der Waals surface area contributed by atoms with Gasteiger partial charge in [0.1, 0.15) is 13.1 Å². The average molecular weight is 318 g/mol. The van der Waals surface area contributed by atoms with E-state index in [4.69, 9.17) is 0 Å². The molecule has 0 spiro atoms. The van der Waals surface area contributed by atoms with Crippen LogP contribution in [0.5, 0.6) is 0 Å². The number of aryl methyl sites for hydroxylation is 2. The molecule has 5 amide bonds. The number of hydrogen-bond donors (Lipinski definition) is 2. The maximum Gasteiger partial charge on any atom is 0.327 e. The van der Waals surface area contributed by atoms with Crippen molar-refractivity contribution >= 4 is 23.8 Å². The second-order valence-electron chi connectivity index (χ2n) is 5.44. The van der Waals surface area contributed by atoms with Gasteiger partial charge in [-0.1, -0.05) is 17.7 Å². The highest BCUT2D eigenvalue weighted by atomic mass is 16.2. The van der Waals surface area contributed by atoms with Crippen molar-refractivity contribution in [2.45, 2.75) is 13.8 Å². The summed E-state index contributed by atoms with van der Waals surface area (Å²) in [4.78, 5) is 49.1. The van der Waals surface area contributed by atoms with E-state index >= 15 is 0 Å². The van der Waals surface area contributed by atoms with E-state index in [2.05, 4.69) is 10.9 Å². The zero-order valence-corrected chi connectivity index (χ0v) is 13.2. The molecule has 122 valence electrons. The number of carbonyl (C=O) groups is 4. The van der Waals surface area contributed by atoms with E-state index in [0.29, 0.717) is 5.56 Å². The van der Waals surface area contributed by atoms with Crippen molar-refractivity contribution in [1.82, 2.24) is 20.7 Å². The summed E-state index contributed by atoms with van der Waals surface area (Å²) in [6.45, 7) is 3.22. The molecule has 1 fully saturated rings. The molecule has 8 heteroatoms. The average Bonchev–Trinajstić information content (AvgIpc) is 2.71. The van der Waals surface area contributed by atoms with Gasteiger partial charge in [0.15, 0.2) is 0 Å². The van der Waals surface area contributed by atoms with Gasteiger partial charge in [-0.15, -0.1) is 0 Å². The zero-order chi connectivity index (χ0) is 17.1. The molecule has 2 rings (SSSR count). The smallest absolute Gasteiger partial charge is 0.318 e. The van der Waals surface area contributed by atoms with Crippen molar-refractivity contribution in [3.8, 4) is 0 Å². The standard InChI is InChI=1S/C15H18N4O4/c1-9-4-5-11(10(2)6-9)14(22)17-16-12(20)7-19-13(21)8-18(3)15(19)23/h4-6H,7-8H2,1-3H3,(H,16,20)(H,17,22). The van der Waals surface area contributed by atoms with E-state index in [9.17, 15) is 19.2 Å². The molecule has 1 saturated heterocycles. The fourth-order valence-electron chi connectivity index (χ4n) is 2.27. The van der Waals surface area contributed by atoms with E-state index in [0.717, 1.165) is 16.0 Å². The van der Waals surface area contributed by atoms with Gasteiger partial charge in [-0.25, -0.2) is 4.79 Å². The van der Waals surface area contributed by atoms with Crippen LogP contribution in [0.15, 0.2) is 18.2 Å². The third-order valence-electron chi connectivity index (χ3n) is 3.47. The SMILES string of the molecule is Cc1ccc(C(=O)NNC(=O)CN2C(=O)CN(C)C2=O)c(C)c1. The quantitative estimate of drug-likeness (QED) is 0.603. The maximum atomic E-state index is 12.0. The summed E-state index contributed by atoms with van der Waals surface area (Å²) in [5.41, 5.74) is 6.72. The molecule has 0 saturated carbocycles. The monoisotopic (exact) mass is 318 g/mol. The van der Waals surface area contributed by atoms with E-state index < -0.39 is 30.3 Å². The largest absolute Gasteiger partial charge is 0.327 e. The minimum Gasteiger partial charge on any atom is -0.318 e. The number of nitrogens with zero attached hydrogens (tertiary/aromatic N) is 2. The van der Waals surface area contributed by atoms with E-state index in [1.54, 1.807) is 19.1 Å². The maximum absolute atomic E-state index is 12.0. The fraction of sp³-hybridized carbons (Fsp3) is 0.333. The number of nitrogens with one attached hydrogen (secondary N) is 2. The van der Waals surface area contributed by atoms with Crippen molar-refractivity contribution in [2.75, 3.05) is 20.1 Å². The van der Waals surface area contributed by atoms with Crippen LogP contribution < -0.4 is 10.9 Å². The molecule has 1 aliphatic rings. The van der Waals surface area contributed by atoms with Gasteiger partial charge in [0.25, 0.3) is 17.7 Å². The molecule has 0 aliphatic carbocycles. The Morgan fingerprint density at radius 1 is 1.17 bits per heavy atom. The van der Waals surface area contributed by atoms with Crippen LogP contribution in [0.1, 0.15) is 21.5 Å². The minimum absolute atomic E-state index is 0.0545. The number of likely N-dealkylation sites (N-methyl/N-ethyl adjacent to an activating group) is 1. The summed E-state index contributed by atoms with van der Waals surface area (Å²) in [6.07, 6.45) is 0. The number of urea groups is 1. The Kier molecular flexibility index (Phi) is 4.63. The van der Waals surface area contributed by atoms with Gasteiger partial charge in [-0.2, -0.15) is 0 Å². The zero-order valence-electron chi connectivity index (χ0n) is 13.2. The summed E-state index contributed by atoms with van der Waals surface area (Å²) < 4.78 is 0. The first-order chi connectivity index (χ1) is 10.8. The normalized spacial score (nSPS) is 14.2. The predicted molar refractivity (Wildman–Crippen MR) is 81.3 cm³/mol. The van der Waals surface area contributed by atoms with Crippen LogP contribution in [-0.4, -0.2) is 53.7 Å². The summed E-state index contributed by atoms with van der Waals surface area (Å²) in [6, 6.07) is 4.77. The lowest BCUT2D eigenvalue weighted by Crippen LogP contribution is -2.48. The van der Waals surface area contributed by atoms with Crippen molar-refractivity contribution < 1.29 is 19.2 Å². The van der Waals surface area contributed by atoms with Crippen LogP contribution in [0.3, 0.4) is 0 Å². The molecule has 0 atom stereocenters. The molecule has 0 bridgehead atoms. The number of hydrazine groups is 1. The van der Waals surface area contributed by atoms with Crippen LogP contribution in [0, 0.1) is 13.8 Å².